The minimum atomic E-state index is -0.0606. The van der Waals surface area contributed by atoms with Crippen molar-refractivity contribution in [3.8, 4) is 5.69 Å². The quantitative estimate of drug-likeness (QED) is 0.651. The second kappa shape index (κ2) is 8.54. The van der Waals surface area contributed by atoms with E-state index < -0.39 is 0 Å². The van der Waals surface area contributed by atoms with E-state index in [1.165, 1.54) is 5.69 Å². The molecule has 0 atom stereocenters. The topological polar surface area (TPSA) is 50.2 Å². The summed E-state index contributed by atoms with van der Waals surface area (Å²) in [4.78, 5) is 14.9. The number of hydrogen-bond donors (Lipinski definition) is 1. The van der Waals surface area contributed by atoms with Crippen LogP contribution in [-0.2, 0) is 0 Å². The minimum absolute atomic E-state index is 0.0606. The summed E-state index contributed by atoms with van der Waals surface area (Å²) < 4.78 is 1.83. The molecule has 3 rings (SSSR count). The second-order valence-electron chi connectivity index (χ2n) is 6.66. The fourth-order valence-electron chi connectivity index (χ4n) is 3.21. The zero-order chi connectivity index (χ0) is 19.2. The molecule has 1 N–H and O–H groups in total. The van der Waals surface area contributed by atoms with Crippen molar-refractivity contribution in [3.63, 3.8) is 0 Å². The molecule has 27 heavy (non-hydrogen) atoms. The van der Waals surface area contributed by atoms with E-state index in [2.05, 4.69) is 34.5 Å². The predicted molar refractivity (Wildman–Crippen MR) is 110 cm³/mol. The fourth-order valence-corrected chi connectivity index (χ4v) is 3.21. The van der Waals surface area contributed by atoms with Gasteiger partial charge in [0, 0.05) is 25.8 Å². The van der Waals surface area contributed by atoms with Crippen LogP contribution in [0.1, 0.15) is 28.2 Å². The molecule has 0 fully saturated rings. The third kappa shape index (κ3) is 4.37. The molecule has 5 heteroatoms. The summed E-state index contributed by atoms with van der Waals surface area (Å²) in [5.74, 6) is -0.0606. The number of nitrogens with zero attached hydrogens (tertiary/aromatic N) is 3. The van der Waals surface area contributed by atoms with Gasteiger partial charge >= 0.3 is 0 Å². The maximum Gasteiger partial charge on any atom is 0.255 e. The number of carbonyl (C=O) groups excluding carboxylic acids is 1. The Labute approximate surface area is 160 Å². The predicted octanol–water partition coefficient (Wildman–Crippen LogP) is 3.75. The Morgan fingerprint density at radius 3 is 2.33 bits per heavy atom. The van der Waals surface area contributed by atoms with Gasteiger partial charge in [-0.3, -0.25) is 4.79 Å². The molecular formula is C22H26N4O. The van der Waals surface area contributed by atoms with Gasteiger partial charge < -0.3 is 10.2 Å². The number of para-hydroxylation sites is 2. The number of benzene rings is 2. The third-order valence-corrected chi connectivity index (χ3v) is 4.67. The molecule has 0 bridgehead atoms. The summed E-state index contributed by atoms with van der Waals surface area (Å²) in [5.41, 5.74) is 4.41. The number of nitrogens with one attached hydrogen (secondary N) is 1. The average Bonchev–Trinajstić information content (AvgIpc) is 3.00. The Morgan fingerprint density at radius 1 is 1.04 bits per heavy atom. The van der Waals surface area contributed by atoms with Gasteiger partial charge in [-0.05, 0) is 44.5 Å². The number of aryl methyl sites for hydroxylation is 1. The zero-order valence-electron chi connectivity index (χ0n) is 16.1. The van der Waals surface area contributed by atoms with Gasteiger partial charge in [0.15, 0.2) is 0 Å². The summed E-state index contributed by atoms with van der Waals surface area (Å²) in [6, 6.07) is 20.1. The molecule has 3 aromatic rings. The standard InChI is InChI=1S/C22H26N4O/c1-17-21(18(2)26(24-17)20-13-8-5-9-14-20)22(27)23-15-10-16-25(3)19-11-6-4-7-12-19/h4-9,11-14H,10,15-16H2,1-3H3,(H,23,27). The second-order valence-corrected chi connectivity index (χ2v) is 6.66. The van der Waals surface area contributed by atoms with E-state index >= 15 is 0 Å². The van der Waals surface area contributed by atoms with Crippen molar-refractivity contribution < 1.29 is 4.79 Å². The molecule has 140 valence electrons. The number of anilines is 1. The van der Waals surface area contributed by atoms with Crippen molar-refractivity contribution in [1.29, 1.82) is 0 Å². The van der Waals surface area contributed by atoms with Crippen molar-refractivity contribution in [2.24, 2.45) is 0 Å². The van der Waals surface area contributed by atoms with E-state index in [9.17, 15) is 4.79 Å². The van der Waals surface area contributed by atoms with Crippen molar-refractivity contribution in [2.45, 2.75) is 20.3 Å². The molecule has 0 aliphatic heterocycles. The van der Waals surface area contributed by atoms with Gasteiger partial charge in [0.1, 0.15) is 0 Å². The van der Waals surface area contributed by atoms with Crippen LogP contribution in [0.15, 0.2) is 60.7 Å². The van der Waals surface area contributed by atoms with Crippen molar-refractivity contribution in [3.05, 3.63) is 77.6 Å². The SMILES string of the molecule is Cc1nn(-c2ccccc2)c(C)c1C(=O)NCCCN(C)c1ccccc1. The van der Waals surface area contributed by atoms with E-state index in [1.54, 1.807) is 0 Å². The largest absolute Gasteiger partial charge is 0.375 e. The molecule has 0 aliphatic rings. The molecule has 1 aromatic heterocycles. The van der Waals surface area contributed by atoms with Gasteiger partial charge in [-0.25, -0.2) is 4.68 Å². The van der Waals surface area contributed by atoms with Crippen LogP contribution < -0.4 is 10.2 Å². The molecule has 0 unspecified atom stereocenters. The smallest absolute Gasteiger partial charge is 0.255 e. The Morgan fingerprint density at radius 2 is 1.67 bits per heavy atom. The van der Waals surface area contributed by atoms with E-state index in [0.717, 1.165) is 30.0 Å². The van der Waals surface area contributed by atoms with Crippen LogP contribution in [0.2, 0.25) is 0 Å². The van der Waals surface area contributed by atoms with Gasteiger partial charge in [0.25, 0.3) is 5.91 Å². The highest BCUT2D eigenvalue weighted by Gasteiger charge is 2.19. The van der Waals surface area contributed by atoms with Crippen molar-refractivity contribution in [1.82, 2.24) is 15.1 Å². The lowest BCUT2D eigenvalue weighted by Crippen LogP contribution is -2.28. The summed E-state index contributed by atoms with van der Waals surface area (Å²) in [6.07, 6.45) is 0.877. The molecular weight excluding hydrogens is 336 g/mol. The minimum Gasteiger partial charge on any atom is -0.375 e. The number of aromatic nitrogens is 2. The van der Waals surface area contributed by atoms with Crippen LogP contribution in [0.25, 0.3) is 5.69 Å². The van der Waals surface area contributed by atoms with E-state index in [4.69, 9.17) is 0 Å². The molecule has 1 amide bonds. The normalized spacial score (nSPS) is 10.6. The van der Waals surface area contributed by atoms with Crippen molar-refractivity contribution in [2.75, 3.05) is 25.0 Å². The highest BCUT2D eigenvalue weighted by Crippen LogP contribution is 2.17. The van der Waals surface area contributed by atoms with Crippen LogP contribution in [0.3, 0.4) is 0 Å². The van der Waals surface area contributed by atoms with Crippen LogP contribution in [-0.4, -0.2) is 35.8 Å². The molecule has 0 radical (unpaired) electrons. The molecule has 5 nitrogen and oxygen atoms in total. The molecule has 0 spiro atoms. The van der Waals surface area contributed by atoms with Gasteiger partial charge in [-0.15, -0.1) is 0 Å². The maximum absolute atomic E-state index is 12.7. The number of carbonyl (C=O) groups is 1. The Bertz CT molecular complexity index is 887. The Hall–Kier alpha value is -3.08. The third-order valence-electron chi connectivity index (χ3n) is 4.67. The first kappa shape index (κ1) is 18.7. The van der Waals surface area contributed by atoms with Crippen LogP contribution >= 0.6 is 0 Å². The number of amides is 1. The van der Waals surface area contributed by atoms with E-state index in [1.807, 2.05) is 67.1 Å². The van der Waals surface area contributed by atoms with Crippen molar-refractivity contribution >= 4 is 11.6 Å². The Balaban J connectivity index is 1.58. The lowest BCUT2D eigenvalue weighted by molar-refractivity contribution is 0.0952. The lowest BCUT2D eigenvalue weighted by Gasteiger charge is -2.19. The van der Waals surface area contributed by atoms with Gasteiger partial charge in [0.2, 0.25) is 0 Å². The lowest BCUT2D eigenvalue weighted by atomic mass is 10.2. The summed E-state index contributed by atoms with van der Waals surface area (Å²) in [5, 5.41) is 7.58. The molecule has 0 saturated carbocycles. The highest BCUT2D eigenvalue weighted by atomic mass is 16.1. The first-order valence-electron chi connectivity index (χ1n) is 9.24. The van der Waals surface area contributed by atoms with E-state index in [0.29, 0.717) is 12.1 Å². The van der Waals surface area contributed by atoms with Crippen LogP contribution in [0.5, 0.6) is 0 Å². The number of rotatable bonds is 7. The number of hydrogen-bond acceptors (Lipinski definition) is 3. The summed E-state index contributed by atoms with van der Waals surface area (Å²) in [6.45, 7) is 5.33. The molecule has 1 heterocycles. The molecule has 0 saturated heterocycles. The van der Waals surface area contributed by atoms with Gasteiger partial charge in [0.05, 0.1) is 22.6 Å². The summed E-state index contributed by atoms with van der Waals surface area (Å²) >= 11 is 0. The van der Waals surface area contributed by atoms with E-state index in [-0.39, 0.29) is 5.91 Å². The van der Waals surface area contributed by atoms with Gasteiger partial charge in [-0.2, -0.15) is 5.10 Å². The first-order valence-corrected chi connectivity index (χ1v) is 9.24. The van der Waals surface area contributed by atoms with Gasteiger partial charge in [-0.1, -0.05) is 36.4 Å². The van der Waals surface area contributed by atoms with Crippen LogP contribution in [0.4, 0.5) is 5.69 Å². The maximum atomic E-state index is 12.7. The highest BCUT2D eigenvalue weighted by molar-refractivity contribution is 5.96. The zero-order valence-corrected chi connectivity index (χ0v) is 16.1. The first-order chi connectivity index (χ1) is 13.1. The fraction of sp³-hybridized carbons (Fsp3) is 0.273. The van der Waals surface area contributed by atoms with Crippen LogP contribution in [0, 0.1) is 13.8 Å². The summed E-state index contributed by atoms with van der Waals surface area (Å²) in [7, 11) is 2.06. The molecule has 0 aliphatic carbocycles. The Kier molecular flexibility index (Phi) is 5.91. The molecule has 2 aromatic carbocycles. The average molecular weight is 362 g/mol. The monoisotopic (exact) mass is 362 g/mol.